The molecule has 0 aromatic heterocycles. The van der Waals surface area contributed by atoms with Gasteiger partial charge in [0.25, 0.3) is 0 Å². The Bertz CT molecular complexity index is 372. The fraction of sp³-hybridized carbons (Fsp3) is 0.625. The molecule has 5 heteroatoms. The van der Waals surface area contributed by atoms with E-state index >= 15 is 0 Å². The number of ether oxygens (including phenoxy) is 1. The SMILES string of the molecule is C=CCN(CC=C)C(=O)CN1CCCCC1CC(=O)OC. The van der Waals surface area contributed by atoms with Gasteiger partial charge in [0.1, 0.15) is 0 Å². The Balaban J connectivity index is 2.62. The number of rotatable bonds is 8. The van der Waals surface area contributed by atoms with Crippen LogP contribution in [0.5, 0.6) is 0 Å². The molecule has 0 N–H and O–H groups in total. The van der Waals surface area contributed by atoms with Crippen molar-refractivity contribution in [2.45, 2.75) is 31.7 Å². The van der Waals surface area contributed by atoms with Gasteiger partial charge in [-0.05, 0) is 19.4 Å². The van der Waals surface area contributed by atoms with Crippen molar-refractivity contribution in [2.24, 2.45) is 0 Å². The van der Waals surface area contributed by atoms with Crippen LogP contribution in [-0.2, 0) is 14.3 Å². The van der Waals surface area contributed by atoms with Crippen molar-refractivity contribution in [3.05, 3.63) is 25.3 Å². The molecule has 0 saturated carbocycles. The minimum absolute atomic E-state index is 0.0477. The zero-order valence-corrected chi connectivity index (χ0v) is 12.9. The predicted molar refractivity (Wildman–Crippen MR) is 82.8 cm³/mol. The van der Waals surface area contributed by atoms with E-state index in [-0.39, 0.29) is 17.9 Å². The van der Waals surface area contributed by atoms with Gasteiger partial charge in [0.15, 0.2) is 0 Å². The first-order chi connectivity index (χ1) is 10.1. The monoisotopic (exact) mass is 294 g/mol. The van der Waals surface area contributed by atoms with Crippen LogP contribution in [-0.4, -0.2) is 61.0 Å². The summed E-state index contributed by atoms with van der Waals surface area (Å²) in [4.78, 5) is 27.7. The van der Waals surface area contributed by atoms with Crippen LogP contribution in [0.15, 0.2) is 25.3 Å². The van der Waals surface area contributed by atoms with E-state index in [4.69, 9.17) is 4.74 Å². The van der Waals surface area contributed by atoms with Gasteiger partial charge < -0.3 is 9.64 Å². The smallest absolute Gasteiger partial charge is 0.307 e. The van der Waals surface area contributed by atoms with Gasteiger partial charge in [-0.3, -0.25) is 14.5 Å². The molecular formula is C16H26N2O3. The van der Waals surface area contributed by atoms with Crippen LogP contribution in [0.1, 0.15) is 25.7 Å². The Morgan fingerprint density at radius 2 is 1.95 bits per heavy atom. The summed E-state index contributed by atoms with van der Waals surface area (Å²) in [5, 5.41) is 0. The largest absolute Gasteiger partial charge is 0.469 e. The minimum atomic E-state index is -0.214. The quantitative estimate of drug-likeness (QED) is 0.504. The second-order valence-corrected chi connectivity index (χ2v) is 5.28. The Morgan fingerprint density at radius 3 is 2.52 bits per heavy atom. The fourth-order valence-corrected chi connectivity index (χ4v) is 2.64. The van der Waals surface area contributed by atoms with E-state index < -0.39 is 0 Å². The molecule has 1 fully saturated rings. The van der Waals surface area contributed by atoms with Gasteiger partial charge in [-0.1, -0.05) is 18.6 Å². The molecule has 0 aromatic rings. The Kier molecular flexibility index (Phi) is 7.75. The molecule has 0 bridgehead atoms. The molecule has 21 heavy (non-hydrogen) atoms. The van der Waals surface area contributed by atoms with E-state index in [1.165, 1.54) is 7.11 Å². The van der Waals surface area contributed by atoms with Gasteiger partial charge in [-0.15, -0.1) is 13.2 Å². The van der Waals surface area contributed by atoms with Gasteiger partial charge in [-0.2, -0.15) is 0 Å². The van der Waals surface area contributed by atoms with Gasteiger partial charge in [0.05, 0.1) is 20.1 Å². The van der Waals surface area contributed by atoms with Crippen molar-refractivity contribution in [3.63, 3.8) is 0 Å². The number of carbonyl (C=O) groups is 2. The number of hydrogen-bond donors (Lipinski definition) is 0. The molecule has 5 nitrogen and oxygen atoms in total. The number of nitrogens with zero attached hydrogens (tertiary/aromatic N) is 2. The van der Waals surface area contributed by atoms with Crippen LogP contribution >= 0.6 is 0 Å². The highest BCUT2D eigenvalue weighted by Gasteiger charge is 2.27. The Labute approximate surface area is 127 Å². The molecule has 1 amide bonds. The van der Waals surface area contributed by atoms with Gasteiger partial charge in [0.2, 0.25) is 5.91 Å². The number of likely N-dealkylation sites (tertiary alicyclic amines) is 1. The molecule has 0 radical (unpaired) electrons. The average Bonchev–Trinajstić information content (AvgIpc) is 2.48. The van der Waals surface area contributed by atoms with Gasteiger partial charge in [-0.25, -0.2) is 0 Å². The van der Waals surface area contributed by atoms with Crippen LogP contribution in [0.25, 0.3) is 0 Å². The highest BCUT2D eigenvalue weighted by molar-refractivity contribution is 5.78. The lowest BCUT2D eigenvalue weighted by Crippen LogP contribution is -2.47. The maximum absolute atomic E-state index is 12.4. The fourth-order valence-electron chi connectivity index (χ4n) is 2.64. The predicted octanol–water partition coefficient (Wildman–Crippen LogP) is 1.60. The van der Waals surface area contributed by atoms with Crippen molar-refractivity contribution >= 4 is 11.9 Å². The summed E-state index contributed by atoms with van der Waals surface area (Å²) in [5.74, 6) is -0.167. The molecule has 1 unspecified atom stereocenters. The van der Waals surface area contributed by atoms with Crippen molar-refractivity contribution in [2.75, 3.05) is 33.3 Å². The third-order valence-electron chi connectivity index (χ3n) is 3.77. The number of carbonyl (C=O) groups excluding carboxylic acids is 2. The summed E-state index contributed by atoms with van der Waals surface area (Å²) in [5.41, 5.74) is 0. The van der Waals surface area contributed by atoms with Crippen LogP contribution in [0, 0.1) is 0 Å². The lowest BCUT2D eigenvalue weighted by molar-refractivity contribution is -0.143. The van der Waals surface area contributed by atoms with E-state index in [9.17, 15) is 9.59 Å². The lowest BCUT2D eigenvalue weighted by Gasteiger charge is -2.35. The summed E-state index contributed by atoms with van der Waals surface area (Å²) < 4.78 is 4.74. The average molecular weight is 294 g/mol. The topological polar surface area (TPSA) is 49.9 Å². The summed E-state index contributed by atoms with van der Waals surface area (Å²) in [7, 11) is 1.40. The van der Waals surface area contributed by atoms with E-state index in [2.05, 4.69) is 18.1 Å². The second-order valence-electron chi connectivity index (χ2n) is 5.28. The standard InChI is InChI=1S/C16H26N2O3/c1-4-9-17(10-5-2)15(19)13-18-11-7-6-8-14(18)12-16(20)21-3/h4-5,14H,1-2,6-13H2,3H3. The van der Waals surface area contributed by atoms with E-state index in [0.717, 1.165) is 25.8 Å². The Morgan fingerprint density at radius 1 is 1.29 bits per heavy atom. The van der Waals surface area contributed by atoms with Crippen molar-refractivity contribution in [1.82, 2.24) is 9.80 Å². The molecule has 1 atom stereocenters. The summed E-state index contributed by atoms with van der Waals surface area (Å²) >= 11 is 0. The number of amides is 1. The number of hydrogen-bond acceptors (Lipinski definition) is 4. The first-order valence-corrected chi connectivity index (χ1v) is 7.42. The maximum Gasteiger partial charge on any atom is 0.307 e. The summed E-state index contributed by atoms with van der Waals surface area (Å²) in [6.07, 6.45) is 6.87. The third kappa shape index (κ3) is 5.71. The highest BCUT2D eigenvalue weighted by atomic mass is 16.5. The van der Waals surface area contributed by atoms with Crippen LogP contribution in [0.4, 0.5) is 0 Å². The molecule has 1 heterocycles. The minimum Gasteiger partial charge on any atom is -0.469 e. The zero-order chi connectivity index (χ0) is 15.7. The summed E-state index contributed by atoms with van der Waals surface area (Å²) in [6.45, 7) is 9.56. The normalized spacial score (nSPS) is 18.8. The van der Waals surface area contributed by atoms with E-state index in [1.54, 1.807) is 17.1 Å². The van der Waals surface area contributed by atoms with Gasteiger partial charge in [0, 0.05) is 19.1 Å². The lowest BCUT2D eigenvalue weighted by atomic mass is 9.99. The highest BCUT2D eigenvalue weighted by Crippen LogP contribution is 2.20. The van der Waals surface area contributed by atoms with Crippen molar-refractivity contribution in [3.8, 4) is 0 Å². The number of methoxy groups -OCH3 is 1. The van der Waals surface area contributed by atoms with Crippen molar-refractivity contribution in [1.29, 1.82) is 0 Å². The molecule has 118 valence electrons. The molecular weight excluding hydrogens is 268 g/mol. The first-order valence-electron chi connectivity index (χ1n) is 7.42. The number of piperidine rings is 1. The molecule has 1 rings (SSSR count). The second kappa shape index (κ2) is 9.34. The summed E-state index contributed by atoms with van der Waals surface area (Å²) in [6, 6.07) is 0.101. The van der Waals surface area contributed by atoms with Crippen LogP contribution in [0.3, 0.4) is 0 Å². The van der Waals surface area contributed by atoms with Crippen LogP contribution in [0.2, 0.25) is 0 Å². The van der Waals surface area contributed by atoms with E-state index in [0.29, 0.717) is 26.1 Å². The Hall–Kier alpha value is -1.62. The molecule has 0 aliphatic carbocycles. The van der Waals surface area contributed by atoms with Crippen molar-refractivity contribution < 1.29 is 14.3 Å². The zero-order valence-electron chi connectivity index (χ0n) is 12.9. The van der Waals surface area contributed by atoms with Crippen LogP contribution < -0.4 is 0 Å². The molecule has 1 saturated heterocycles. The molecule has 1 aliphatic heterocycles. The van der Waals surface area contributed by atoms with Gasteiger partial charge >= 0.3 is 5.97 Å². The molecule has 0 spiro atoms. The first kappa shape index (κ1) is 17.4. The third-order valence-corrected chi connectivity index (χ3v) is 3.77. The maximum atomic E-state index is 12.4. The van der Waals surface area contributed by atoms with E-state index in [1.807, 2.05) is 0 Å². The molecule has 0 aromatic carbocycles. The molecule has 1 aliphatic rings. The number of esters is 1.